The number of carbonyl (C=O) groups is 2. The first-order valence-electron chi connectivity index (χ1n) is 7.22. The lowest BCUT2D eigenvalue weighted by Gasteiger charge is -2.25. The summed E-state index contributed by atoms with van der Waals surface area (Å²) in [5.74, 6) is 0.154. The predicted molar refractivity (Wildman–Crippen MR) is 89.7 cm³/mol. The highest BCUT2D eigenvalue weighted by molar-refractivity contribution is 7.99. The van der Waals surface area contributed by atoms with E-state index in [0.717, 1.165) is 16.1 Å². The first-order valence-corrected chi connectivity index (χ1v) is 8.20. The summed E-state index contributed by atoms with van der Waals surface area (Å²) >= 11 is 1.49. The summed E-state index contributed by atoms with van der Waals surface area (Å²) in [6.45, 7) is 0.412. The van der Waals surface area contributed by atoms with Gasteiger partial charge in [-0.15, -0.1) is 11.8 Å². The number of carbonyl (C=O) groups excluding carboxylic acids is 1. The average molecular weight is 328 g/mol. The summed E-state index contributed by atoms with van der Waals surface area (Å²) in [6.07, 6.45) is -1.19. The van der Waals surface area contributed by atoms with Gasteiger partial charge in [-0.1, -0.05) is 42.5 Å². The molecule has 0 bridgehead atoms. The summed E-state index contributed by atoms with van der Waals surface area (Å²) < 4.78 is 0. The third-order valence-corrected chi connectivity index (χ3v) is 4.76. The van der Waals surface area contributed by atoms with E-state index >= 15 is 0 Å². The van der Waals surface area contributed by atoms with Gasteiger partial charge < -0.3 is 15.3 Å². The van der Waals surface area contributed by atoms with Crippen molar-refractivity contribution in [1.29, 1.82) is 0 Å². The summed E-state index contributed by atoms with van der Waals surface area (Å²) in [7, 11) is 0. The molecular formula is C17H16N2O3S. The fourth-order valence-electron chi connectivity index (χ4n) is 2.53. The number of benzene rings is 2. The predicted octanol–water partition coefficient (Wildman–Crippen LogP) is 2.96. The van der Waals surface area contributed by atoms with E-state index in [1.165, 1.54) is 11.8 Å². The maximum absolute atomic E-state index is 12.8. The molecule has 2 N–H and O–H groups in total. The molecule has 1 aliphatic rings. The second-order valence-electron chi connectivity index (χ2n) is 5.19. The smallest absolute Gasteiger partial charge is 0.405 e. The molecule has 0 saturated heterocycles. The van der Waals surface area contributed by atoms with Crippen LogP contribution in [0.3, 0.4) is 0 Å². The molecule has 3 rings (SSSR count). The van der Waals surface area contributed by atoms with Crippen LogP contribution in [0.25, 0.3) is 0 Å². The Hall–Kier alpha value is -2.47. The molecule has 0 aromatic heterocycles. The molecule has 23 heavy (non-hydrogen) atoms. The lowest BCUT2D eigenvalue weighted by atomic mass is 10.1. The van der Waals surface area contributed by atoms with Crippen LogP contribution < -0.4 is 10.2 Å². The molecule has 1 heterocycles. The van der Waals surface area contributed by atoms with Gasteiger partial charge in [0.1, 0.15) is 6.04 Å². The Bertz CT molecular complexity index is 721. The molecule has 2 aromatic rings. The van der Waals surface area contributed by atoms with E-state index in [0.29, 0.717) is 12.3 Å². The van der Waals surface area contributed by atoms with Crippen molar-refractivity contribution in [3.63, 3.8) is 0 Å². The van der Waals surface area contributed by atoms with E-state index in [-0.39, 0.29) is 5.91 Å². The molecule has 0 aliphatic carbocycles. The molecule has 118 valence electrons. The zero-order valence-corrected chi connectivity index (χ0v) is 13.1. The first-order chi connectivity index (χ1) is 11.1. The number of carboxylic acid groups (broad SMARTS) is 1. The number of amides is 2. The van der Waals surface area contributed by atoms with Crippen molar-refractivity contribution < 1.29 is 14.7 Å². The highest BCUT2D eigenvalue weighted by Gasteiger charge is 2.31. The number of rotatable bonds is 3. The van der Waals surface area contributed by atoms with Gasteiger partial charge in [0.15, 0.2) is 0 Å². The third-order valence-electron chi connectivity index (χ3n) is 3.61. The molecule has 0 spiro atoms. The van der Waals surface area contributed by atoms with Crippen molar-refractivity contribution >= 4 is 29.4 Å². The lowest BCUT2D eigenvalue weighted by molar-refractivity contribution is -0.120. The summed E-state index contributed by atoms with van der Waals surface area (Å²) in [6, 6.07) is 16.6. The fourth-order valence-corrected chi connectivity index (χ4v) is 3.61. The molecule has 0 fully saturated rings. The van der Waals surface area contributed by atoms with E-state index in [1.54, 1.807) is 4.90 Å². The van der Waals surface area contributed by atoms with Crippen molar-refractivity contribution in [1.82, 2.24) is 5.32 Å². The van der Waals surface area contributed by atoms with Gasteiger partial charge in [0.2, 0.25) is 0 Å². The molecular weight excluding hydrogens is 312 g/mol. The Kier molecular flexibility index (Phi) is 4.52. The summed E-state index contributed by atoms with van der Waals surface area (Å²) in [5.41, 5.74) is 1.82. The molecule has 5 nitrogen and oxygen atoms in total. The number of nitrogens with one attached hydrogen (secondary N) is 1. The largest absolute Gasteiger partial charge is 0.465 e. The van der Waals surface area contributed by atoms with E-state index in [2.05, 4.69) is 5.32 Å². The van der Waals surface area contributed by atoms with Crippen LogP contribution >= 0.6 is 11.8 Å². The van der Waals surface area contributed by atoms with Crippen LogP contribution in [0.1, 0.15) is 5.56 Å². The second kappa shape index (κ2) is 6.75. The highest BCUT2D eigenvalue weighted by Crippen LogP contribution is 2.35. The standard InChI is InChI=1S/C17H16N2O3S/c20-16-13(18-17(21)22)11-23-15-9-5-4-8-14(15)19(16)10-12-6-2-1-3-7-12/h1-9,13,18H,10-11H2,(H,21,22)/t13-/m0/s1. The molecule has 1 atom stereocenters. The van der Waals surface area contributed by atoms with Crippen LogP contribution in [-0.4, -0.2) is 28.9 Å². The first kappa shape index (κ1) is 15.4. The summed E-state index contributed by atoms with van der Waals surface area (Å²) in [4.78, 5) is 26.4. The second-order valence-corrected chi connectivity index (χ2v) is 6.25. The topological polar surface area (TPSA) is 69.6 Å². The Morgan fingerprint density at radius 2 is 1.87 bits per heavy atom. The Morgan fingerprint density at radius 1 is 1.17 bits per heavy atom. The Balaban J connectivity index is 1.96. The van der Waals surface area contributed by atoms with Gasteiger partial charge in [0.05, 0.1) is 12.2 Å². The van der Waals surface area contributed by atoms with Gasteiger partial charge in [0.25, 0.3) is 5.91 Å². The number of nitrogens with zero attached hydrogens (tertiary/aromatic N) is 1. The number of hydrogen-bond acceptors (Lipinski definition) is 3. The lowest BCUT2D eigenvalue weighted by Crippen LogP contribution is -2.48. The van der Waals surface area contributed by atoms with Gasteiger partial charge in [-0.3, -0.25) is 4.79 Å². The maximum atomic E-state index is 12.8. The quantitative estimate of drug-likeness (QED) is 0.909. The van der Waals surface area contributed by atoms with Crippen LogP contribution in [0.2, 0.25) is 0 Å². The minimum Gasteiger partial charge on any atom is -0.465 e. The molecule has 2 amide bonds. The van der Waals surface area contributed by atoms with E-state index in [9.17, 15) is 9.59 Å². The zero-order chi connectivity index (χ0) is 16.2. The molecule has 0 radical (unpaired) electrons. The van der Waals surface area contributed by atoms with Crippen LogP contribution in [0.5, 0.6) is 0 Å². The van der Waals surface area contributed by atoms with Crippen LogP contribution in [0, 0.1) is 0 Å². The Morgan fingerprint density at radius 3 is 2.61 bits per heavy atom. The van der Waals surface area contributed by atoms with Crippen molar-refractivity contribution in [3.8, 4) is 0 Å². The van der Waals surface area contributed by atoms with Crippen molar-refractivity contribution in [2.24, 2.45) is 0 Å². The van der Waals surface area contributed by atoms with Crippen LogP contribution in [-0.2, 0) is 11.3 Å². The minimum absolute atomic E-state index is 0.228. The SMILES string of the molecule is O=C(O)N[C@H]1CSc2ccccc2N(Cc2ccccc2)C1=O. The number of para-hydroxylation sites is 1. The molecule has 0 saturated carbocycles. The minimum atomic E-state index is -1.19. The van der Waals surface area contributed by atoms with Gasteiger partial charge >= 0.3 is 6.09 Å². The molecule has 2 aromatic carbocycles. The third kappa shape index (κ3) is 3.48. The van der Waals surface area contributed by atoms with E-state index < -0.39 is 12.1 Å². The van der Waals surface area contributed by atoms with Crippen molar-refractivity contribution in [2.75, 3.05) is 10.7 Å². The van der Waals surface area contributed by atoms with Crippen LogP contribution in [0.4, 0.5) is 10.5 Å². The Labute approximate surface area is 138 Å². The van der Waals surface area contributed by atoms with E-state index in [4.69, 9.17) is 5.11 Å². The molecule has 0 unspecified atom stereocenters. The maximum Gasteiger partial charge on any atom is 0.405 e. The van der Waals surface area contributed by atoms with Gasteiger partial charge in [-0.25, -0.2) is 4.79 Å². The van der Waals surface area contributed by atoms with Gasteiger partial charge in [-0.05, 0) is 17.7 Å². The monoisotopic (exact) mass is 328 g/mol. The molecule has 1 aliphatic heterocycles. The van der Waals surface area contributed by atoms with Crippen molar-refractivity contribution in [2.45, 2.75) is 17.5 Å². The fraction of sp³-hybridized carbons (Fsp3) is 0.176. The number of hydrogen-bond donors (Lipinski definition) is 2. The normalized spacial score (nSPS) is 17.3. The zero-order valence-electron chi connectivity index (χ0n) is 12.3. The number of anilines is 1. The van der Waals surface area contributed by atoms with Gasteiger partial charge in [0, 0.05) is 10.6 Å². The highest BCUT2D eigenvalue weighted by atomic mass is 32.2. The van der Waals surface area contributed by atoms with Gasteiger partial charge in [-0.2, -0.15) is 0 Å². The van der Waals surface area contributed by atoms with Crippen LogP contribution in [0.15, 0.2) is 59.5 Å². The summed E-state index contributed by atoms with van der Waals surface area (Å²) in [5, 5.41) is 11.3. The molecule has 6 heteroatoms. The number of fused-ring (bicyclic) bond motifs is 1. The van der Waals surface area contributed by atoms with E-state index in [1.807, 2.05) is 54.6 Å². The van der Waals surface area contributed by atoms with Crippen molar-refractivity contribution in [3.05, 3.63) is 60.2 Å². The average Bonchev–Trinajstić information content (AvgIpc) is 2.68. The number of thioether (sulfide) groups is 1.